The molecule has 0 unspecified atom stereocenters. The van der Waals surface area contributed by atoms with Gasteiger partial charge in [0.15, 0.2) is 0 Å². The number of phenols is 1. The topological polar surface area (TPSA) is 106 Å². The Hall–Kier alpha value is -4.83. The third-order valence-corrected chi connectivity index (χ3v) is 9.44. The van der Waals surface area contributed by atoms with Crippen LogP contribution in [0.3, 0.4) is 0 Å². The predicted octanol–water partition coefficient (Wildman–Crippen LogP) is 5.73. The lowest BCUT2D eigenvalue weighted by Gasteiger charge is -2.55. The summed E-state index contributed by atoms with van der Waals surface area (Å²) in [7, 11) is 1.66. The first-order valence-electron chi connectivity index (χ1n) is 17.2. The Bertz CT molecular complexity index is 1710. The van der Waals surface area contributed by atoms with Gasteiger partial charge in [-0.15, -0.1) is 6.58 Å². The van der Waals surface area contributed by atoms with Gasteiger partial charge < -0.3 is 25.0 Å². The number of fused-ring (bicyclic) bond motifs is 1. The van der Waals surface area contributed by atoms with E-state index >= 15 is 0 Å². The Balaban J connectivity index is 1.59. The van der Waals surface area contributed by atoms with Gasteiger partial charge in [0.1, 0.15) is 23.7 Å². The van der Waals surface area contributed by atoms with Crippen LogP contribution in [0, 0.1) is 0 Å². The highest BCUT2D eigenvalue weighted by Crippen LogP contribution is 2.40. The highest BCUT2D eigenvalue weighted by Gasteiger charge is 2.51. The number of phenolic OH excluding ortho intramolecular Hbond substituents is 1. The van der Waals surface area contributed by atoms with Crippen molar-refractivity contribution in [2.45, 2.75) is 84.1 Å². The van der Waals surface area contributed by atoms with Crippen molar-refractivity contribution in [1.29, 1.82) is 0 Å². The lowest BCUT2D eigenvalue weighted by Crippen LogP contribution is -2.76. The number of rotatable bonds is 9. The molecule has 2 N–H and O–H groups in total. The molecule has 10 nitrogen and oxygen atoms in total. The number of hydrogen-bond donors (Lipinski definition) is 2. The standard InChI is InChI=1S/C40H51N5O5/c1-9-19-43-26-35(47)44-33(20-27-15-17-31(46)18-16-27)37(48)42(25-34(44)45(43)38(49)41-23-28-13-11-10-12-14-28)24-29-21-30(39(2,3)4)22-32(36(29)50-8)40(5,6)7/h9-18,21-22,33-34,46H,1,19-20,23-26H2,2-8H3,(H,41,49)/t33-,34-/m0/s1. The number of piperazine rings is 1. The Morgan fingerprint density at radius 3 is 2.26 bits per heavy atom. The first kappa shape index (κ1) is 36.5. The zero-order valence-corrected chi connectivity index (χ0v) is 30.4. The molecule has 2 atom stereocenters. The highest BCUT2D eigenvalue weighted by molar-refractivity contribution is 5.91. The maximum absolute atomic E-state index is 14.7. The van der Waals surface area contributed by atoms with Gasteiger partial charge in [0.05, 0.1) is 20.2 Å². The number of aromatic hydroxyl groups is 1. The van der Waals surface area contributed by atoms with Gasteiger partial charge in [-0.3, -0.25) is 9.59 Å². The molecule has 2 fully saturated rings. The number of urea groups is 1. The average Bonchev–Trinajstić information content (AvgIpc) is 3.06. The van der Waals surface area contributed by atoms with Crippen molar-refractivity contribution in [2.24, 2.45) is 0 Å². The number of benzene rings is 3. The van der Waals surface area contributed by atoms with Gasteiger partial charge in [0.2, 0.25) is 11.8 Å². The number of nitrogens with zero attached hydrogens (tertiary/aromatic N) is 4. The summed E-state index contributed by atoms with van der Waals surface area (Å²) in [6.45, 7) is 17.6. The first-order chi connectivity index (χ1) is 23.6. The Kier molecular flexibility index (Phi) is 10.6. The minimum atomic E-state index is -0.889. The van der Waals surface area contributed by atoms with Crippen LogP contribution >= 0.6 is 0 Å². The van der Waals surface area contributed by atoms with Crippen molar-refractivity contribution in [3.8, 4) is 11.5 Å². The summed E-state index contributed by atoms with van der Waals surface area (Å²) in [5.41, 5.74) is 4.34. The third-order valence-electron chi connectivity index (χ3n) is 9.44. The summed E-state index contributed by atoms with van der Waals surface area (Å²) in [4.78, 5) is 46.1. The predicted molar refractivity (Wildman–Crippen MR) is 194 cm³/mol. The summed E-state index contributed by atoms with van der Waals surface area (Å²) in [5, 5.41) is 16.3. The van der Waals surface area contributed by atoms with Crippen molar-refractivity contribution in [3.63, 3.8) is 0 Å². The third kappa shape index (κ3) is 7.81. The molecular formula is C40H51N5O5. The Morgan fingerprint density at radius 2 is 1.66 bits per heavy atom. The van der Waals surface area contributed by atoms with Gasteiger partial charge >= 0.3 is 6.03 Å². The SMILES string of the molecule is C=CCN1CC(=O)N2[C@@H](Cc3ccc(O)cc3)C(=O)N(Cc3cc(C(C)(C)C)cc(C(C)(C)C)c3OC)C[C@@H]2N1C(=O)NCc1ccccc1. The molecule has 2 heterocycles. The molecule has 0 spiro atoms. The van der Waals surface area contributed by atoms with E-state index in [4.69, 9.17) is 4.74 Å². The molecule has 0 bridgehead atoms. The maximum Gasteiger partial charge on any atom is 0.334 e. The van der Waals surface area contributed by atoms with Crippen LogP contribution in [-0.4, -0.2) is 81.7 Å². The van der Waals surface area contributed by atoms with Crippen molar-refractivity contribution >= 4 is 17.8 Å². The number of carbonyl (C=O) groups excluding carboxylic acids is 3. The van der Waals surface area contributed by atoms with E-state index < -0.39 is 12.2 Å². The van der Waals surface area contributed by atoms with Crippen molar-refractivity contribution in [3.05, 3.63) is 107 Å². The molecule has 266 valence electrons. The number of ether oxygens (including phenoxy) is 1. The summed E-state index contributed by atoms with van der Waals surface area (Å²) >= 11 is 0. The molecule has 2 saturated heterocycles. The maximum atomic E-state index is 14.7. The van der Waals surface area contributed by atoms with E-state index in [9.17, 15) is 19.5 Å². The van der Waals surface area contributed by atoms with Gasteiger partial charge in [-0.2, -0.15) is 0 Å². The minimum absolute atomic E-state index is 0.0863. The Labute approximate surface area is 296 Å². The van der Waals surface area contributed by atoms with Crippen LogP contribution in [-0.2, 0) is 39.9 Å². The first-order valence-corrected chi connectivity index (χ1v) is 17.2. The molecule has 3 aromatic rings. The molecule has 3 aromatic carbocycles. The summed E-state index contributed by atoms with van der Waals surface area (Å²) in [5.74, 6) is 0.369. The fraction of sp³-hybridized carbons (Fsp3) is 0.425. The number of carbonyl (C=O) groups is 3. The molecular weight excluding hydrogens is 630 g/mol. The molecule has 0 radical (unpaired) electrons. The van der Waals surface area contributed by atoms with Crippen LogP contribution in [0.15, 0.2) is 79.4 Å². The van der Waals surface area contributed by atoms with Crippen LogP contribution in [0.25, 0.3) is 0 Å². The lowest BCUT2D eigenvalue weighted by atomic mass is 9.78. The largest absolute Gasteiger partial charge is 0.508 e. The molecule has 0 aliphatic carbocycles. The van der Waals surface area contributed by atoms with Gasteiger partial charge in [-0.25, -0.2) is 14.8 Å². The normalized spacial score (nSPS) is 18.6. The van der Waals surface area contributed by atoms with Crippen molar-refractivity contribution in [1.82, 2.24) is 25.1 Å². The molecule has 10 heteroatoms. The van der Waals surface area contributed by atoms with Crippen molar-refractivity contribution in [2.75, 3.05) is 26.7 Å². The van der Waals surface area contributed by atoms with Gasteiger partial charge in [0, 0.05) is 37.2 Å². The summed E-state index contributed by atoms with van der Waals surface area (Å²) in [6.07, 6.45) is 1.09. The number of hydrazine groups is 1. The van der Waals surface area contributed by atoms with Crippen molar-refractivity contribution < 1.29 is 24.2 Å². The van der Waals surface area contributed by atoms with E-state index in [0.29, 0.717) is 6.54 Å². The molecule has 5 rings (SSSR count). The van der Waals surface area contributed by atoms with E-state index in [1.54, 1.807) is 57.3 Å². The molecule has 2 aliphatic rings. The zero-order chi connectivity index (χ0) is 36.4. The quantitative estimate of drug-likeness (QED) is 0.280. The fourth-order valence-corrected chi connectivity index (χ4v) is 6.80. The second-order valence-corrected chi connectivity index (χ2v) is 15.2. The van der Waals surface area contributed by atoms with Crippen LogP contribution < -0.4 is 10.1 Å². The zero-order valence-electron chi connectivity index (χ0n) is 30.4. The molecule has 0 aromatic heterocycles. The van der Waals surface area contributed by atoms with Crippen LogP contribution in [0.2, 0.25) is 0 Å². The van der Waals surface area contributed by atoms with Gasteiger partial charge in [0.25, 0.3) is 0 Å². The second-order valence-electron chi connectivity index (χ2n) is 15.2. The van der Waals surface area contributed by atoms with Gasteiger partial charge in [-0.05, 0) is 45.7 Å². The number of nitrogens with one attached hydrogen (secondary N) is 1. The Morgan fingerprint density at radius 1 is 0.980 bits per heavy atom. The van der Waals surface area contributed by atoms with Crippen LogP contribution in [0.5, 0.6) is 11.5 Å². The highest BCUT2D eigenvalue weighted by atomic mass is 16.5. The summed E-state index contributed by atoms with van der Waals surface area (Å²) < 4.78 is 6.07. The second kappa shape index (κ2) is 14.6. The monoisotopic (exact) mass is 681 g/mol. The summed E-state index contributed by atoms with van der Waals surface area (Å²) in [6, 6.07) is 19.3. The average molecular weight is 682 g/mol. The van der Waals surface area contributed by atoms with Gasteiger partial charge in [-0.1, -0.05) is 96.1 Å². The van der Waals surface area contributed by atoms with Crippen LogP contribution in [0.4, 0.5) is 4.79 Å². The van der Waals surface area contributed by atoms with Crippen LogP contribution in [0.1, 0.15) is 69.4 Å². The fourth-order valence-electron chi connectivity index (χ4n) is 6.80. The molecule has 4 amide bonds. The number of hydrogen-bond acceptors (Lipinski definition) is 6. The van der Waals surface area contributed by atoms with E-state index in [2.05, 4.69) is 65.6 Å². The number of amides is 4. The molecule has 2 aliphatic heterocycles. The minimum Gasteiger partial charge on any atom is -0.508 e. The van der Waals surface area contributed by atoms with E-state index in [0.717, 1.165) is 33.6 Å². The smallest absolute Gasteiger partial charge is 0.334 e. The number of methoxy groups -OCH3 is 1. The van der Waals surface area contributed by atoms with E-state index in [1.807, 2.05) is 30.3 Å². The molecule has 50 heavy (non-hydrogen) atoms. The molecule has 0 saturated carbocycles. The van der Waals surface area contributed by atoms with E-state index in [-0.39, 0.29) is 67.0 Å². The van der Waals surface area contributed by atoms with E-state index in [1.165, 1.54) is 0 Å². The lowest BCUT2D eigenvalue weighted by molar-refractivity contribution is -0.189.